The quantitative estimate of drug-likeness (QED) is 0.176. The molecule has 0 nitrogen and oxygen atoms in total. The molecule has 0 radical (unpaired) electrons. The second-order valence-corrected chi connectivity index (χ2v) is 33.9. The fourth-order valence-electron chi connectivity index (χ4n) is 5.58. The van der Waals surface area contributed by atoms with E-state index in [0.717, 1.165) is 0 Å². The van der Waals surface area contributed by atoms with Gasteiger partial charge >= 0.3 is 41.9 Å². The summed E-state index contributed by atoms with van der Waals surface area (Å²) in [6.07, 6.45) is 0. The van der Waals surface area contributed by atoms with Gasteiger partial charge < -0.3 is 24.8 Å². The van der Waals surface area contributed by atoms with E-state index < -0.39 is 16.1 Å². The molecule has 240 valence electrons. The maximum atomic E-state index is 2.40. The van der Waals surface area contributed by atoms with Gasteiger partial charge in [0.25, 0.3) is 0 Å². The predicted molar refractivity (Wildman–Crippen MR) is 203 cm³/mol. The molecule has 0 amide bonds. The molecule has 6 rings (SSSR count). The molecule has 0 saturated carbocycles. The van der Waals surface area contributed by atoms with Crippen LogP contribution in [0.15, 0.2) is 109 Å². The van der Waals surface area contributed by atoms with E-state index in [0.29, 0.717) is 0 Å². The van der Waals surface area contributed by atoms with Gasteiger partial charge in [-0.15, -0.1) is 69.1 Å². The molecule has 0 aromatic heterocycles. The maximum absolute atomic E-state index is 2.40. The normalized spacial score (nSPS) is 11.0. The van der Waals surface area contributed by atoms with Crippen LogP contribution in [0.1, 0.15) is 11.1 Å². The molecule has 0 unspecified atom stereocenters. The van der Waals surface area contributed by atoms with Crippen molar-refractivity contribution in [1.82, 2.24) is 0 Å². The van der Waals surface area contributed by atoms with Crippen LogP contribution in [0.4, 0.5) is 0 Å². The van der Waals surface area contributed by atoms with Crippen molar-refractivity contribution in [1.29, 1.82) is 0 Å². The van der Waals surface area contributed by atoms with Crippen molar-refractivity contribution >= 4 is 53.5 Å². The van der Waals surface area contributed by atoms with Gasteiger partial charge in [0, 0.05) is 0 Å². The van der Waals surface area contributed by atoms with Crippen molar-refractivity contribution < 1.29 is 48.1 Å². The summed E-state index contributed by atoms with van der Waals surface area (Å²) in [5.41, 5.74) is 8.30. The van der Waals surface area contributed by atoms with Gasteiger partial charge in [-0.05, 0) is 11.1 Å². The molecular formula is C40H48Cl2Si3Zr-2. The van der Waals surface area contributed by atoms with Crippen LogP contribution in [-0.2, 0) is 23.3 Å². The molecule has 0 fully saturated rings. The monoisotopic (exact) mass is 772 g/mol. The van der Waals surface area contributed by atoms with Gasteiger partial charge in [-0.25, -0.2) is 0 Å². The molecular weight excluding hydrogens is 727 g/mol. The first-order chi connectivity index (χ1) is 20.6. The fraction of sp³-hybridized carbons (Fsp3) is 0.250. The summed E-state index contributed by atoms with van der Waals surface area (Å²) in [7, 11) is -2.52. The molecule has 0 heterocycles. The second-order valence-electron chi connectivity index (χ2n) is 14.3. The number of hydrogen-bond acceptors (Lipinski definition) is 0. The van der Waals surface area contributed by atoms with E-state index in [1.165, 1.54) is 65.3 Å². The number of hydrogen-bond donors (Lipinski definition) is 0. The summed E-state index contributed by atoms with van der Waals surface area (Å²) in [4.78, 5) is 0. The number of fused-ring (bicyclic) bond motifs is 2. The minimum atomic E-state index is -1.26. The van der Waals surface area contributed by atoms with Gasteiger partial charge in [0.15, 0.2) is 0 Å². The number of aryl methyl sites for hydroxylation is 2. The Morgan fingerprint density at radius 2 is 0.848 bits per heavy atom. The van der Waals surface area contributed by atoms with Crippen LogP contribution in [0.3, 0.4) is 0 Å². The van der Waals surface area contributed by atoms with Gasteiger partial charge in [-0.3, -0.25) is 0 Å². The zero-order valence-electron chi connectivity index (χ0n) is 29.1. The first kappa shape index (κ1) is 40.4. The Labute approximate surface area is 308 Å². The molecule has 6 aromatic carbocycles. The van der Waals surface area contributed by atoms with Crippen LogP contribution in [0.5, 0.6) is 0 Å². The van der Waals surface area contributed by atoms with Gasteiger partial charge in [0.2, 0.25) is 0 Å². The molecule has 6 aromatic rings. The van der Waals surface area contributed by atoms with Crippen molar-refractivity contribution in [3.05, 3.63) is 120 Å². The van der Waals surface area contributed by atoms with E-state index in [4.69, 9.17) is 0 Å². The summed E-state index contributed by atoms with van der Waals surface area (Å²) in [5, 5.41) is 8.48. The van der Waals surface area contributed by atoms with Gasteiger partial charge in [-0.1, -0.05) is 135 Å². The van der Waals surface area contributed by atoms with Crippen molar-refractivity contribution in [3.8, 4) is 22.3 Å². The standard InChI is InChI=1S/2C19H21Si.C2H6Si.2ClH.Zr/c2*1-14-11-15-8-6-10-18(19(15)12-14)16-7-5-9-17(13-16)20(2,3)4;1-3-2;;;/h2*5-13H,1-4H3;1-2H3;2*1H;/q2*-1;;;;+2/p-2. The summed E-state index contributed by atoms with van der Waals surface area (Å²) in [6, 6.07) is 40.6. The molecule has 0 aliphatic carbocycles. The summed E-state index contributed by atoms with van der Waals surface area (Å²) >= 11 is 1.74. The van der Waals surface area contributed by atoms with Gasteiger partial charge in [-0.2, -0.15) is 12.1 Å². The Balaban J connectivity index is 0.000000276. The molecule has 0 atom stereocenters. The summed E-state index contributed by atoms with van der Waals surface area (Å²) in [5.74, 6) is 0. The van der Waals surface area contributed by atoms with Gasteiger partial charge in [0.05, 0.1) is 16.1 Å². The summed E-state index contributed by atoms with van der Waals surface area (Å²) < 4.78 is 0. The molecule has 0 aliphatic heterocycles. The Morgan fingerprint density at radius 3 is 1.17 bits per heavy atom. The Bertz CT molecular complexity index is 1760. The topological polar surface area (TPSA) is 0 Å². The molecule has 46 heavy (non-hydrogen) atoms. The van der Waals surface area contributed by atoms with Crippen molar-refractivity contribution in [2.45, 2.75) is 66.2 Å². The minimum Gasteiger partial charge on any atom is -1.00 e. The Kier molecular flexibility index (Phi) is 15.0. The zero-order chi connectivity index (χ0) is 32.2. The fourth-order valence-corrected chi connectivity index (χ4v) is 7.95. The van der Waals surface area contributed by atoms with Crippen LogP contribution in [0, 0.1) is 13.8 Å². The third-order valence-corrected chi connectivity index (χ3v) is 12.0. The van der Waals surface area contributed by atoms with Crippen LogP contribution in [0.25, 0.3) is 43.8 Å². The average molecular weight is 775 g/mol. The van der Waals surface area contributed by atoms with Crippen molar-refractivity contribution in [2.75, 3.05) is 0 Å². The smallest absolute Gasteiger partial charge is 0.0776 e. The van der Waals surface area contributed by atoms with Crippen molar-refractivity contribution in [3.63, 3.8) is 0 Å². The average Bonchev–Trinajstić information content (AvgIpc) is 3.52. The number of benzene rings is 4. The molecule has 0 aliphatic rings. The third-order valence-electron chi connectivity index (χ3n) is 7.87. The van der Waals surface area contributed by atoms with Crippen molar-refractivity contribution in [2.24, 2.45) is 0 Å². The van der Waals surface area contributed by atoms with E-state index in [-0.39, 0.29) is 30.2 Å². The number of rotatable bonds is 4. The largest absolute Gasteiger partial charge is 1.00 e. The van der Waals surface area contributed by atoms with E-state index in [1.807, 2.05) is 0 Å². The Hall–Kier alpha value is -1.79. The Morgan fingerprint density at radius 1 is 0.522 bits per heavy atom. The van der Waals surface area contributed by atoms with E-state index in [1.54, 1.807) is 23.3 Å². The van der Waals surface area contributed by atoms with Crippen LogP contribution < -0.4 is 35.2 Å². The zero-order valence-corrected chi connectivity index (χ0v) is 36.1. The van der Waals surface area contributed by atoms with E-state index >= 15 is 0 Å². The molecule has 0 bridgehead atoms. The molecule has 6 heteroatoms. The van der Waals surface area contributed by atoms with E-state index in [2.05, 4.69) is 175 Å². The molecule has 0 N–H and O–H groups in total. The SMILES string of the molecule is C[Si](C)=[Zr+2].Cc1cc2c(-c3cccc([Si](C)(C)C)c3)cccc2[cH-]1.Cc1cc2c(-c3cccc([Si](C)(C)C)c3)cccc2[cH-]1.[Cl-].[Cl-]. The first-order valence-corrected chi connectivity index (χ1v) is 28.9. The molecule has 0 spiro atoms. The van der Waals surface area contributed by atoms with E-state index in [9.17, 15) is 0 Å². The molecule has 0 saturated heterocycles. The van der Waals surface area contributed by atoms with Crippen LogP contribution in [0.2, 0.25) is 52.4 Å². The second kappa shape index (κ2) is 17.0. The van der Waals surface area contributed by atoms with Crippen LogP contribution >= 0.6 is 0 Å². The minimum absolute atomic E-state index is 0. The number of halogens is 2. The predicted octanol–water partition coefficient (Wildman–Crippen LogP) is 4.95. The van der Waals surface area contributed by atoms with Crippen LogP contribution in [-0.4, -0.2) is 21.6 Å². The van der Waals surface area contributed by atoms with Gasteiger partial charge in [0.1, 0.15) is 0 Å². The first-order valence-electron chi connectivity index (χ1n) is 15.7. The summed E-state index contributed by atoms with van der Waals surface area (Å²) in [6.45, 7) is 23.4. The maximum Gasteiger partial charge on any atom is 0.0776 e. The third kappa shape index (κ3) is 10.6.